The quantitative estimate of drug-likeness (QED) is 0.843. The Bertz CT molecular complexity index is 701. The van der Waals surface area contributed by atoms with Gasteiger partial charge >= 0.3 is 30.7 Å². The Labute approximate surface area is 126 Å². The minimum atomic E-state index is -1.26. The molecule has 0 spiro atoms. The second-order valence-electron chi connectivity index (χ2n) is 4.41. The van der Waals surface area contributed by atoms with Crippen LogP contribution in [0.5, 0.6) is 0 Å². The predicted molar refractivity (Wildman–Crippen MR) is 70.5 cm³/mol. The van der Waals surface area contributed by atoms with Gasteiger partial charge in [-0.15, -0.1) is 10.2 Å². The van der Waals surface area contributed by atoms with Crippen molar-refractivity contribution >= 4 is 24.8 Å². The summed E-state index contributed by atoms with van der Waals surface area (Å²) in [6.07, 6.45) is 2.16. The van der Waals surface area contributed by atoms with Gasteiger partial charge in [0, 0.05) is 5.56 Å². The van der Waals surface area contributed by atoms with Crippen molar-refractivity contribution in [1.82, 2.24) is 10.2 Å². The molecule has 0 amide bonds. The third-order valence-corrected chi connectivity index (χ3v) is 3.04. The van der Waals surface area contributed by atoms with Crippen molar-refractivity contribution in [2.45, 2.75) is 18.8 Å². The normalized spacial score (nSPS) is 13.3. The van der Waals surface area contributed by atoms with Gasteiger partial charge in [-0.1, -0.05) is 6.07 Å². The molecule has 0 atom stereocenters. The Kier molecular flexibility index (Phi) is 3.94. The van der Waals surface area contributed by atoms with E-state index in [4.69, 9.17) is 14.8 Å². The van der Waals surface area contributed by atoms with Gasteiger partial charge in [-0.05, 0) is 36.5 Å². The molecule has 1 aromatic carbocycles. The number of carbonyl (C=O) groups is 1. The molecule has 2 aromatic rings. The fourth-order valence-electron chi connectivity index (χ4n) is 1.98. The molecule has 0 unspecified atom stereocenters. The first-order valence-electron chi connectivity index (χ1n) is 5.80. The summed E-state index contributed by atoms with van der Waals surface area (Å²) in [5, 5.41) is 24.9. The first kappa shape index (κ1) is 14.3. The molecule has 0 aliphatic heterocycles. The first-order valence-corrected chi connectivity index (χ1v) is 5.80. The fraction of sp³-hybridized carbons (Fsp3) is 0.231. The van der Waals surface area contributed by atoms with E-state index in [1.54, 1.807) is 12.1 Å². The molecule has 0 bridgehead atoms. The van der Waals surface area contributed by atoms with Crippen molar-refractivity contribution in [3.8, 4) is 17.5 Å². The van der Waals surface area contributed by atoms with Gasteiger partial charge in [-0.25, -0.2) is 4.79 Å². The number of carboxylic acid groups (broad SMARTS) is 1. The van der Waals surface area contributed by atoms with Crippen LogP contribution in [0.15, 0.2) is 22.6 Å². The number of hydrogen-bond donors (Lipinski definition) is 1. The van der Waals surface area contributed by atoms with Crippen LogP contribution in [0.3, 0.4) is 0 Å². The van der Waals surface area contributed by atoms with Crippen LogP contribution in [0.4, 0.5) is 0 Å². The Balaban J connectivity index is 0.00000147. The van der Waals surface area contributed by atoms with E-state index < -0.39 is 11.9 Å². The van der Waals surface area contributed by atoms with Crippen LogP contribution in [-0.2, 0) is 0 Å². The molecule has 20 heavy (non-hydrogen) atoms. The van der Waals surface area contributed by atoms with Crippen LogP contribution in [0.2, 0.25) is 0 Å². The van der Waals surface area contributed by atoms with Gasteiger partial charge < -0.3 is 9.52 Å². The molecule has 1 aliphatic carbocycles. The van der Waals surface area contributed by atoms with E-state index in [0.29, 0.717) is 17.0 Å². The van der Waals surface area contributed by atoms with E-state index in [2.05, 4.69) is 10.2 Å². The van der Waals surface area contributed by atoms with E-state index >= 15 is 0 Å². The van der Waals surface area contributed by atoms with Gasteiger partial charge in [0.1, 0.15) is 0 Å². The number of hydrogen-bond acceptors (Lipinski definition) is 5. The molecule has 1 fully saturated rings. The molecule has 1 saturated carbocycles. The molecule has 96 valence electrons. The summed E-state index contributed by atoms with van der Waals surface area (Å²) < 4.78 is 5.12. The van der Waals surface area contributed by atoms with Crippen molar-refractivity contribution in [2.75, 3.05) is 0 Å². The number of aromatic carboxylic acids is 1. The fourth-order valence-corrected chi connectivity index (χ4v) is 1.98. The zero-order valence-corrected chi connectivity index (χ0v) is 9.83. The minimum absolute atomic E-state index is 0. The molecule has 1 aromatic heterocycles. The Morgan fingerprint density at radius 3 is 2.70 bits per heavy atom. The molecular formula is C13H10LiN3O3. The van der Waals surface area contributed by atoms with E-state index in [1.165, 1.54) is 0 Å². The summed E-state index contributed by atoms with van der Waals surface area (Å²) in [6, 6.07) is 7.32. The van der Waals surface area contributed by atoms with Crippen molar-refractivity contribution in [3.05, 3.63) is 35.2 Å². The maximum atomic E-state index is 10.8. The Morgan fingerprint density at radius 1 is 1.40 bits per heavy atom. The van der Waals surface area contributed by atoms with E-state index in [-0.39, 0.29) is 24.8 Å². The number of benzene rings is 1. The van der Waals surface area contributed by atoms with Crippen LogP contribution in [0.1, 0.15) is 40.6 Å². The monoisotopic (exact) mass is 263 g/mol. The topological polar surface area (TPSA) is 100 Å². The number of nitrogens with zero attached hydrogens (tertiary/aromatic N) is 3. The summed E-state index contributed by atoms with van der Waals surface area (Å²) in [4.78, 5) is 10.8. The Morgan fingerprint density at radius 2 is 2.15 bits per heavy atom. The van der Waals surface area contributed by atoms with Crippen LogP contribution < -0.4 is 0 Å². The van der Waals surface area contributed by atoms with E-state index in [0.717, 1.165) is 18.4 Å². The molecule has 3 rings (SSSR count). The molecular weight excluding hydrogens is 253 g/mol. The zero-order chi connectivity index (χ0) is 13.4. The SMILES string of the molecule is N#Cc1ccc(C2CC2)c(-c2nnc(C(=O)O)o2)c1.[LiH]. The number of rotatable bonds is 3. The van der Waals surface area contributed by atoms with Crippen LogP contribution in [0.25, 0.3) is 11.5 Å². The van der Waals surface area contributed by atoms with Gasteiger partial charge in [0.25, 0.3) is 0 Å². The van der Waals surface area contributed by atoms with Crippen molar-refractivity contribution in [2.24, 2.45) is 0 Å². The standard InChI is InChI=1S/C13H9N3O3.Li.H/c14-6-7-1-4-9(8-2-3-8)10(5-7)11-15-16-12(19-11)13(17)18;;/h1,4-5,8H,2-3H2,(H,17,18);;. The average molecular weight is 263 g/mol. The van der Waals surface area contributed by atoms with Gasteiger partial charge in [0.15, 0.2) is 0 Å². The van der Waals surface area contributed by atoms with E-state index in [1.807, 2.05) is 12.1 Å². The molecule has 6 nitrogen and oxygen atoms in total. The summed E-state index contributed by atoms with van der Waals surface area (Å²) in [5.41, 5.74) is 2.16. The average Bonchev–Trinajstić information content (AvgIpc) is 3.14. The van der Waals surface area contributed by atoms with Crippen LogP contribution in [0, 0.1) is 11.3 Å². The van der Waals surface area contributed by atoms with Crippen molar-refractivity contribution in [3.63, 3.8) is 0 Å². The second-order valence-corrected chi connectivity index (χ2v) is 4.41. The summed E-state index contributed by atoms with van der Waals surface area (Å²) in [6.45, 7) is 0. The molecule has 1 N–H and O–H groups in total. The molecule has 0 radical (unpaired) electrons. The third-order valence-electron chi connectivity index (χ3n) is 3.04. The number of nitriles is 1. The molecule has 1 aliphatic rings. The second kappa shape index (κ2) is 5.50. The van der Waals surface area contributed by atoms with Crippen molar-refractivity contribution < 1.29 is 14.3 Å². The van der Waals surface area contributed by atoms with Crippen molar-refractivity contribution in [1.29, 1.82) is 5.26 Å². The zero-order valence-electron chi connectivity index (χ0n) is 9.83. The van der Waals surface area contributed by atoms with Gasteiger partial charge in [-0.2, -0.15) is 5.26 Å². The number of aromatic nitrogens is 2. The number of carboxylic acids is 1. The summed E-state index contributed by atoms with van der Waals surface area (Å²) in [5.74, 6) is -1.12. The summed E-state index contributed by atoms with van der Waals surface area (Å²) >= 11 is 0. The van der Waals surface area contributed by atoms with Gasteiger partial charge in [0.2, 0.25) is 5.89 Å². The van der Waals surface area contributed by atoms with Crippen LogP contribution >= 0.6 is 0 Å². The molecule has 0 saturated heterocycles. The molecule has 7 heteroatoms. The van der Waals surface area contributed by atoms with Gasteiger partial charge in [0.05, 0.1) is 11.6 Å². The third kappa shape index (κ3) is 2.60. The van der Waals surface area contributed by atoms with E-state index in [9.17, 15) is 4.79 Å². The maximum absolute atomic E-state index is 10.8. The molecule has 1 heterocycles. The first-order chi connectivity index (χ1) is 9.19. The predicted octanol–water partition coefficient (Wildman–Crippen LogP) is 1.54. The van der Waals surface area contributed by atoms with Gasteiger partial charge in [-0.3, -0.25) is 0 Å². The van der Waals surface area contributed by atoms with Crippen LogP contribution in [-0.4, -0.2) is 40.1 Å². The Hall–Kier alpha value is -2.08. The summed E-state index contributed by atoms with van der Waals surface area (Å²) in [7, 11) is 0.